The highest BCUT2D eigenvalue weighted by atomic mass is 28.3. The molecule has 0 rings (SSSR count). The van der Waals surface area contributed by atoms with Crippen LogP contribution in [0.2, 0.25) is 12.6 Å². The first-order valence-electron chi connectivity index (χ1n) is 3.80. The number of aliphatic hydroxyl groups is 1. The van der Waals surface area contributed by atoms with Crippen molar-refractivity contribution in [1.29, 1.82) is 0 Å². The molecule has 0 aliphatic carbocycles. The van der Waals surface area contributed by atoms with Crippen molar-refractivity contribution in [3.8, 4) is 0 Å². The summed E-state index contributed by atoms with van der Waals surface area (Å²) in [6.45, 7) is 1.47. The van der Waals surface area contributed by atoms with Crippen LogP contribution < -0.4 is 0 Å². The molecular formula is C6H12F4O2Si. The number of hydrogen-bond donors (Lipinski definition) is 2. The highest BCUT2D eigenvalue weighted by Crippen LogP contribution is 2.29. The Labute approximate surface area is 74.9 Å². The van der Waals surface area contributed by atoms with Crippen LogP contribution in [-0.2, 0) is 0 Å². The molecule has 0 saturated heterocycles. The minimum atomic E-state index is -4.37. The van der Waals surface area contributed by atoms with E-state index in [1.807, 2.05) is 0 Å². The summed E-state index contributed by atoms with van der Waals surface area (Å²) in [5, 5.41) is 8.68. The zero-order chi connectivity index (χ0) is 10.6. The van der Waals surface area contributed by atoms with E-state index in [2.05, 4.69) is 0 Å². The topological polar surface area (TPSA) is 40.5 Å². The number of halogens is 4. The van der Waals surface area contributed by atoms with E-state index < -0.39 is 33.9 Å². The first-order valence-corrected chi connectivity index (χ1v) is 6.29. The molecule has 2 N–H and O–H groups in total. The van der Waals surface area contributed by atoms with Crippen molar-refractivity contribution in [3.05, 3.63) is 0 Å². The summed E-state index contributed by atoms with van der Waals surface area (Å²) in [5.41, 5.74) is 0. The van der Waals surface area contributed by atoms with Crippen molar-refractivity contribution in [2.45, 2.75) is 37.5 Å². The van der Waals surface area contributed by atoms with Crippen molar-refractivity contribution in [1.82, 2.24) is 0 Å². The van der Waals surface area contributed by atoms with E-state index in [1.165, 1.54) is 6.55 Å². The molecule has 0 heterocycles. The van der Waals surface area contributed by atoms with Gasteiger partial charge in [-0.05, 0) is 19.0 Å². The number of hydrogen-bond acceptors (Lipinski definition) is 2. The fourth-order valence-corrected chi connectivity index (χ4v) is 1.54. The van der Waals surface area contributed by atoms with Gasteiger partial charge in [-0.2, -0.15) is 8.78 Å². The van der Waals surface area contributed by atoms with Crippen LogP contribution in [0.25, 0.3) is 0 Å². The van der Waals surface area contributed by atoms with Crippen LogP contribution in [-0.4, -0.2) is 37.4 Å². The number of alkyl halides is 4. The van der Waals surface area contributed by atoms with Gasteiger partial charge in [-0.25, -0.2) is 8.78 Å². The molecule has 0 bridgehead atoms. The van der Waals surface area contributed by atoms with Gasteiger partial charge in [0.05, 0.1) is 0 Å². The van der Waals surface area contributed by atoms with Crippen LogP contribution in [0.4, 0.5) is 17.6 Å². The Kier molecular flexibility index (Phi) is 4.86. The Morgan fingerprint density at radius 2 is 1.85 bits per heavy atom. The van der Waals surface area contributed by atoms with E-state index in [4.69, 9.17) is 9.90 Å². The smallest absolute Gasteiger partial charge is 0.332 e. The molecule has 0 aromatic rings. The molecule has 0 aliphatic rings. The van der Waals surface area contributed by atoms with Crippen molar-refractivity contribution in [2.24, 2.45) is 0 Å². The SMILES string of the molecule is C[SiH](O)CCC(O)C(F)(F)C(F)F. The maximum absolute atomic E-state index is 12.3. The quantitative estimate of drug-likeness (QED) is 0.535. The Morgan fingerprint density at radius 1 is 1.38 bits per heavy atom. The van der Waals surface area contributed by atoms with Crippen molar-refractivity contribution in [2.75, 3.05) is 0 Å². The third-order valence-corrected chi connectivity index (χ3v) is 2.76. The molecule has 0 spiro atoms. The van der Waals surface area contributed by atoms with E-state index in [0.29, 0.717) is 0 Å². The zero-order valence-corrected chi connectivity index (χ0v) is 8.21. The van der Waals surface area contributed by atoms with Crippen molar-refractivity contribution >= 4 is 9.04 Å². The molecule has 2 atom stereocenters. The standard InChI is InChI=1S/C6H12F4O2Si/c1-13(12)3-2-4(11)6(9,10)5(7)8/h4-5,11-13H,2-3H2,1H3. The van der Waals surface area contributed by atoms with Gasteiger partial charge < -0.3 is 9.90 Å². The summed E-state index contributed by atoms with van der Waals surface area (Å²) < 4.78 is 47.9. The zero-order valence-electron chi connectivity index (χ0n) is 7.05. The van der Waals surface area contributed by atoms with E-state index in [-0.39, 0.29) is 6.04 Å². The molecule has 0 amide bonds. The average molecular weight is 220 g/mol. The lowest BCUT2D eigenvalue weighted by atomic mass is 10.1. The van der Waals surface area contributed by atoms with Gasteiger partial charge in [-0.1, -0.05) is 0 Å². The minimum absolute atomic E-state index is 0.00345. The van der Waals surface area contributed by atoms with Crippen molar-refractivity contribution < 1.29 is 27.5 Å². The third kappa shape index (κ3) is 4.05. The molecule has 0 radical (unpaired) electrons. The second-order valence-electron chi connectivity index (χ2n) is 2.92. The molecule has 7 heteroatoms. The first-order chi connectivity index (χ1) is 5.78. The van der Waals surface area contributed by atoms with Gasteiger partial charge in [-0.15, -0.1) is 0 Å². The lowest BCUT2D eigenvalue weighted by molar-refractivity contribution is -0.191. The van der Waals surface area contributed by atoms with Gasteiger partial charge >= 0.3 is 12.3 Å². The highest BCUT2D eigenvalue weighted by Gasteiger charge is 2.47. The summed E-state index contributed by atoms with van der Waals surface area (Å²) in [6, 6.07) is 0.00345. The molecule has 0 saturated carbocycles. The van der Waals surface area contributed by atoms with Gasteiger partial charge in [0, 0.05) is 0 Å². The minimum Gasteiger partial charge on any atom is -0.435 e. The highest BCUT2D eigenvalue weighted by molar-refractivity contribution is 6.48. The molecule has 0 fully saturated rings. The van der Waals surface area contributed by atoms with Crippen LogP contribution in [0.3, 0.4) is 0 Å². The fourth-order valence-electron chi connectivity index (χ4n) is 0.737. The number of rotatable bonds is 5. The first kappa shape index (κ1) is 12.9. The number of aliphatic hydroxyl groups excluding tert-OH is 1. The average Bonchev–Trinajstić information content (AvgIpc) is 1.99. The fraction of sp³-hybridized carbons (Fsp3) is 1.00. The van der Waals surface area contributed by atoms with Crippen LogP contribution in [0.5, 0.6) is 0 Å². The summed E-state index contributed by atoms with van der Waals surface area (Å²) in [5.74, 6) is -4.37. The molecule has 2 unspecified atom stereocenters. The lowest BCUT2D eigenvalue weighted by Crippen LogP contribution is -2.40. The largest absolute Gasteiger partial charge is 0.435 e. The molecule has 13 heavy (non-hydrogen) atoms. The monoisotopic (exact) mass is 220 g/mol. The van der Waals surface area contributed by atoms with Crippen LogP contribution in [0.1, 0.15) is 6.42 Å². The van der Waals surface area contributed by atoms with Crippen LogP contribution in [0, 0.1) is 0 Å². The van der Waals surface area contributed by atoms with Crippen LogP contribution in [0.15, 0.2) is 0 Å². The molecule has 0 aromatic carbocycles. The Balaban J connectivity index is 4.01. The second-order valence-corrected chi connectivity index (χ2v) is 5.19. The summed E-state index contributed by atoms with van der Waals surface area (Å²) in [4.78, 5) is 8.80. The Bertz CT molecular complexity index is 154. The second kappa shape index (κ2) is 4.92. The Hall–Kier alpha value is -0.143. The maximum Gasteiger partial charge on any atom is 0.332 e. The van der Waals surface area contributed by atoms with E-state index in [1.54, 1.807) is 0 Å². The van der Waals surface area contributed by atoms with E-state index in [0.717, 1.165) is 0 Å². The molecular weight excluding hydrogens is 208 g/mol. The van der Waals surface area contributed by atoms with Gasteiger partial charge in [0.15, 0.2) is 9.04 Å². The van der Waals surface area contributed by atoms with E-state index in [9.17, 15) is 17.6 Å². The third-order valence-electron chi connectivity index (χ3n) is 1.59. The Morgan fingerprint density at radius 3 is 2.15 bits per heavy atom. The van der Waals surface area contributed by atoms with Gasteiger partial charge in [0.2, 0.25) is 0 Å². The van der Waals surface area contributed by atoms with Crippen LogP contribution >= 0.6 is 0 Å². The van der Waals surface area contributed by atoms with Gasteiger partial charge in [-0.3, -0.25) is 0 Å². The molecule has 0 aliphatic heterocycles. The summed E-state index contributed by atoms with van der Waals surface area (Å²) in [7, 11) is -2.07. The predicted octanol–water partition coefficient (Wildman–Crippen LogP) is 0.984. The maximum atomic E-state index is 12.3. The summed E-state index contributed by atoms with van der Waals surface area (Å²) in [6.07, 6.45) is -6.71. The molecule has 0 aromatic heterocycles. The van der Waals surface area contributed by atoms with Crippen molar-refractivity contribution in [3.63, 3.8) is 0 Å². The van der Waals surface area contributed by atoms with E-state index >= 15 is 0 Å². The normalized spacial score (nSPS) is 17.5. The van der Waals surface area contributed by atoms with Gasteiger partial charge in [0.25, 0.3) is 0 Å². The van der Waals surface area contributed by atoms with Gasteiger partial charge in [0.1, 0.15) is 6.10 Å². The molecule has 80 valence electrons. The lowest BCUT2D eigenvalue weighted by Gasteiger charge is -2.21. The predicted molar refractivity (Wildman–Crippen MR) is 41.6 cm³/mol. The summed E-state index contributed by atoms with van der Waals surface area (Å²) >= 11 is 0. The molecule has 2 nitrogen and oxygen atoms in total.